The Labute approximate surface area is 436 Å². The maximum atomic E-state index is 14.5. The fraction of sp³-hybridized carbons (Fsp3) is 0.429. The van der Waals surface area contributed by atoms with Crippen LogP contribution in [0.25, 0.3) is 21.6 Å². The maximum Gasteiger partial charge on any atom is 0.248 e. The van der Waals surface area contributed by atoms with Gasteiger partial charge in [0.25, 0.3) is 0 Å². The number of anilines is 2. The predicted octanol–water partition coefficient (Wildman–Crippen LogP) is 9.09. The van der Waals surface area contributed by atoms with Crippen molar-refractivity contribution in [3.8, 4) is 33.4 Å². The monoisotopic (exact) mass is 1020 g/mol. The summed E-state index contributed by atoms with van der Waals surface area (Å²) in [7, 11) is 0. The Balaban J connectivity index is 0.789. The van der Waals surface area contributed by atoms with Gasteiger partial charge in [0.15, 0.2) is 0 Å². The minimum atomic E-state index is -0.888. The van der Waals surface area contributed by atoms with Gasteiger partial charge in [-0.05, 0) is 84.8 Å². The Bertz CT molecular complexity index is 2970. The number of halogens is 1. The second kappa shape index (κ2) is 20.9. The number of nitrogens with zero attached hydrogens (tertiary/aromatic N) is 7. The highest BCUT2D eigenvalue weighted by atomic mass is 35.5. The van der Waals surface area contributed by atoms with Crippen LogP contribution in [0.1, 0.15) is 102 Å². The largest absolute Gasteiger partial charge is 0.489 e. The Hall–Kier alpha value is -6.35. The lowest BCUT2D eigenvalue weighted by atomic mass is 9.49. The van der Waals surface area contributed by atoms with Crippen molar-refractivity contribution < 1.29 is 24.5 Å². The van der Waals surface area contributed by atoms with Gasteiger partial charge in [-0.2, -0.15) is 10.4 Å². The molecule has 3 aliphatic rings. The second-order valence-corrected chi connectivity index (χ2v) is 22.7. The van der Waals surface area contributed by atoms with E-state index >= 15 is 0 Å². The SMILES string of the molecule is Cc1ncsc1-c1ccc([C@H](C)NC(=O)[C@@H]2C[C@@H](O)CN2C(=O)[C@@H](C(C)C)n2cc(-c3ccnc(N4CC[C@@H](Nc5ccc(C(O)N[C@H]6C(C)(C)[C@H](Oc7ccc(C#N)c(Cl)c7)C6(C)C)cc5)C4)c3)cn2)cc1. The summed E-state index contributed by atoms with van der Waals surface area (Å²) < 4.78 is 8.12. The molecule has 17 heteroatoms. The molecule has 3 aromatic carbocycles. The second-order valence-electron chi connectivity index (χ2n) is 21.4. The van der Waals surface area contributed by atoms with E-state index in [9.17, 15) is 25.1 Å². The molecular weight excluding hydrogens is 960 g/mol. The smallest absolute Gasteiger partial charge is 0.248 e. The number of amides is 2. The maximum absolute atomic E-state index is 14.5. The van der Waals surface area contributed by atoms with Crippen LogP contribution >= 0.6 is 22.9 Å². The first-order valence-corrected chi connectivity index (χ1v) is 26.3. The highest BCUT2D eigenvalue weighted by Gasteiger charge is 2.64. The summed E-state index contributed by atoms with van der Waals surface area (Å²) in [5.41, 5.74) is 8.04. The summed E-state index contributed by atoms with van der Waals surface area (Å²) >= 11 is 7.88. The van der Waals surface area contributed by atoms with Crippen molar-refractivity contribution >= 4 is 46.3 Å². The number of ether oxygens (including phenoxy) is 1. The average Bonchev–Trinajstić information content (AvgIpc) is 4.21. The normalized spacial score (nSPS) is 22.3. The van der Waals surface area contributed by atoms with E-state index < -0.39 is 24.4 Å². The van der Waals surface area contributed by atoms with E-state index in [0.717, 1.165) is 69.4 Å². The van der Waals surface area contributed by atoms with Gasteiger partial charge in [-0.3, -0.25) is 19.6 Å². The van der Waals surface area contributed by atoms with Crippen LogP contribution in [-0.2, 0) is 9.59 Å². The molecule has 15 nitrogen and oxygen atoms in total. The molecule has 1 unspecified atom stereocenters. The Kier molecular flexibility index (Phi) is 14.7. The number of pyridine rings is 1. The zero-order valence-corrected chi connectivity index (χ0v) is 44.2. The quantitative estimate of drug-likeness (QED) is 0.0579. The number of benzene rings is 3. The van der Waals surface area contributed by atoms with Crippen LogP contribution in [0, 0.1) is 35.0 Å². The van der Waals surface area contributed by atoms with Gasteiger partial charge < -0.3 is 35.4 Å². The van der Waals surface area contributed by atoms with Crippen molar-refractivity contribution in [3.63, 3.8) is 0 Å². The van der Waals surface area contributed by atoms with Crippen LogP contribution in [0.4, 0.5) is 11.5 Å². The van der Waals surface area contributed by atoms with Gasteiger partial charge in [-0.25, -0.2) is 9.97 Å². The summed E-state index contributed by atoms with van der Waals surface area (Å²) in [6.07, 6.45) is 4.61. The van der Waals surface area contributed by atoms with Crippen LogP contribution in [0.5, 0.6) is 5.75 Å². The average molecular weight is 1030 g/mol. The van der Waals surface area contributed by atoms with E-state index in [-0.39, 0.29) is 65.8 Å². The van der Waals surface area contributed by atoms with E-state index in [1.807, 2.05) is 100 Å². The van der Waals surface area contributed by atoms with Crippen LogP contribution < -0.4 is 25.6 Å². The van der Waals surface area contributed by atoms with E-state index in [4.69, 9.17) is 26.4 Å². The number of carbonyl (C=O) groups excluding carboxylic acids is 2. The minimum Gasteiger partial charge on any atom is -0.489 e. The molecule has 73 heavy (non-hydrogen) atoms. The molecule has 5 heterocycles. The topological polar surface area (TPSA) is 194 Å². The number of carbonyl (C=O) groups is 2. The van der Waals surface area contributed by atoms with Crippen LogP contribution in [0.2, 0.25) is 5.02 Å². The van der Waals surface area contributed by atoms with Gasteiger partial charge in [0, 0.05) is 78.7 Å². The number of aliphatic hydroxyl groups excluding tert-OH is 2. The molecule has 5 N–H and O–H groups in total. The van der Waals surface area contributed by atoms with Gasteiger partial charge in [-0.15, -0.1) is 11.3 Å². The van der Waals surface area contributed by atoms with E-state index in [2.05, 4.69) is 59.6 Å². The summed E-state index contributed by atoms with van der Waals surface area (Å²) in [6.45, 7) is 17.9. The predicted molar refractivity (Wildman–Crippen MR) is 285 cm³/mol. The molecule has 2 aliphatic heterocycles. The molecule has 0 radical (unpaired) electrons. The van der Waals surface area contributed by atoms with E-state index in [1.165, 1.54) is 4.90 Å². The van der Waals surface area contributed by atoms with Crippen molar-refractivity contribution in [2.45, 2.75) is 117 Å². The zero-order chi connectivity index (χ0) is 51.9. The first kappa shape index (κ1) is 51.5. The standard InChI is InChI=1S/C56H65ClN10O5S/c1-32(2)48(52(71)66-30-43(68)24-46(66)51(70)62-33(3)35-9-11-36(12-10-35)49-34(4)60-31-73-49)67-28-40(27-61-67)38-19-21-59-47(23-38)65-22-20-42(29-65)63-41-16-13-37(14-17-41)50(69)64-53-55(5,6)54(56(53,7)8)72-44-18-15-39(26-58)45(57)25-44/h9-19,21,23,25,27-28,31-33,42-43,46,48,50,53-54,63-64,68-69H,20,22,24,29-30H2,1-8H3,(H,62,70)/t33-,42+,43+,46-,48+,50?,53-,54-/m0/s1. The highest BCUT2D eigenvalue weighted by Crippen LogP contribution is 2.56. The fourth-order valence-corrected chi connectivity index (χ4v) is 12.5. The third kappa shape index (κ3) is 10.6. The number of aliphatic hydroxyl groups is 2. The van der Waals surface area contributed by atoms with Gasteiger partial charge in [0.2, 0.25) is 11.8 Å². The van der Waals surface area contributed by atoms with Crippen molar-refractivity contribution in [2.75, 3.05) is 29.9 Å². The molecule has 2 amide bonds. The molecule has 3 fully saturated rings. The number of β-amino-alcohol motifs (C(OH)–C–C–N with tert-alkyl or cyclic N) is 1. The van der Waals surface area contributed by atoms with Gasteiger partial charge in [0.1, 0.15) is 42.1 Å². The van der Waals surface area contributed by atoms with Crippen LogP contribution in [0.15, 0.2) is 103 Å². The lowest BCUT2D eigenvalue weighted by Gasteiger charge is -2.63. The van der Waals surface area contributed by atoms with Gasteiger partial charge in [-0.1, -0.05) is 89.5 Å². The highest BCUT2D eigenvalue weighted by molar-refractivity contribution is 7.13. The molecule has 6 aromatic rings. The minimum absolute atomic E-state index is 0.0594. The summed E-state index contributed by atoms with van der Waals surface area (Å²) in [5, 5.41) is 46.8. The molecule has 2 saturated heterocycles. The number of thiazole rings is 1. The Morgan fingerprint density at radius 2 is 1.66 bits per heavy atom. The number of rotatable bonds is 16. The molecule has 382 valence electrons. The number of likely N-dealkylation sites (tertiary alicyclic amines) is 1. The zero-order valence-electron chi connectivity index (χ0n) is 42.6. The fourth-order valence-electron chi connectivity index (χ4n) is 11.5. The Morgan fingerprint density at radius 1 is 0.932 bits per heavy atom. The number of aryl methyl sites for hydroxylation is 1. The number of aromatic nitrogens is 4. The molecule has 3 aromatic heterocycles. The van der Waals surface area contributed by atoms with Crippen molar-refractivity contribution in [1.29, 1.82) is 5.26 Å². The summed E-state index contributed by atoms with van der Waals surface area (Å²) in [4.78, 5) is 42.3. The van der Waals surface area contributed by atoms with Crippen molar-refractivity contribution in [3.05, 3.63) is 130 Å². The number of nitriles is 1. The molecule has 0 bridgehead atoms. The molecule has 1 saturated carbocycles. The number of hydrogen-bond acceptors (Lipinski definition) is 13. The lowest BCUT2D eigenvalue weighted by molar-refractivity contribution is -0.179. The summed E-state index contributed by atoms with van der Waals surface area (Å²) in [5.74, 6) is 0.718. The van der Waals surface area contributed by atoms with Gasteiger partial charge >= 0.3 is 0 Å². The van der Waals surface area contributed by atoms with Crippen molar-refractivity contribution in [1.82, 2.24) is 35.3 Å². The lowest BCUT2D eigenvalue weighted by Crippen LogP contribution is -2.74. The third-order valence-corrected chi connectivity index (χ3v) is 16.4. The summed E-state index contributed by atoms with van der Waals surface area (Å²) in [6, 6.07) is 25.4. The molecule has 1 aliphatic carbocycles. The van der Waals surface area contributed by atoms with Crippen LogP contribution in [0.3, 0.4) is 0 Å². The number of nitrogens with one attached hydrogen (secondary N) is 3. The Morgan fingerprint density at radius 3 is 2.33 bits per heavy atom. The molecule has 0 spiro atoms. The van der Waals surface area contributed by atoms with Crippen molar-refractivity contribution in [2.24, 2.45) is 16.7 Å². The molecule has 6 atom stereocenters. The number of hydrogen-bond donors (Lipinski definition) is 5. The van der Waals surface area contributed by atoms with E-state index in [1.54, 1.807) is 46.6 Å². The molecular formula is C56H65ClN10O5S. The van der Waals surface area contributed by atoms with Gasteiger partial charge in [0.05, 0.1) is 45.0 Å². The van der Waals surface area contributed by atoms with E-state index in [0.29, 0.717) is 16.3 Å². The molecule has 9 rings (SSSR count). The first-order valence-electron chi connectivity index (χ1n) is 25.0. The van der Waals surface area contributed by atoms with Crippen LogP contribution in [-0.4, -0.2) is 96.6 Å². The third-order valence-electron chi connectivity index (χ3n) is 15.1. The first-order chi connectivity index (χ1) is 34.8.